The molecule has 2 atom stereocenters. The highest BCUT2D eigenvalue weighted by molar-refractivity contribution is 7.28. The number of carbonyl (C=O) groups is 2. The molecule has 1 amide bonds. The number of nitrogens with zero attached hydrogens (tertiary/aromatic N) is 2. The molecule has 1 fully saturated rings. The number of aromatic hydroxyl groups is 4. The van der Waals surface area contributed by atoms with Crippen LogP contribution in [-0.4, -0.2) is 61.8 Å². The Kier molecular flexibility index (Phi) is 7.60. The van der Waals surface area contributed by atoms with E-state index in [2.05, 4.69) is 0 Å². The standard InChI is InChI=1S/C12H14NO7P.C7H7NO2/c14-4-20-5-1-2-13(3-5)12(19)6-7(15)8(16)9(17)10(18)11(6)21;1-6-2-4-7(5-3-6)8(9)10/h4-5,15-18H,1-3,21H2;2-5H,1H3. The summed E-state index contributed by atoms with van der Waals surface area (Å²) < 4.78 is 4.77. The number of likely N-dealkylation sites (tertiary alicyclic amines) is 1. The fourth-order valence-corrected chi connectivity index (χ4v) is 3.26. The zero-order valence-electron chi connectivity index (χ0n) is 16.4. The zero-order valence-corrected chi connectivity index (χ0v) is 17.5. The van der Waals surface area contributed by atoms with E-state index in [1.807, 2.05) is 16.2 Å². The molecule has 0 bridgehead atoms. The molecule has 4 N–H and O–H groups in total. The minimum atomic E-state index is -0.970. The van der Waals surface area contributed by atoms with Gasteiger partial charge in [-0.25, -0.2) is 0 Å². The van der Waals surface area contributed by atoms with Crippen LogP contribution in [-0.2, 0) is 9.53 Å². The maximum atomic E-state index is 12.4. The van der Waals surface area contributed by atoms with Gasteiger partial charge in [0, 0.05) is 30.4 Å². The molecule has 0 radical (unpaired) electrons. The third-order valence-electron chi connectivity index (χ3n) is 4.57. The monoisotopic (exact) mass is 452 g/mol. The van der Waals surface area contributed by atoms with Crippen molar-refractivity contribution in [2.75, 3.05) is 13.1 Å². The molecule has 1 saturated heterocycles. The van der Waals surface area contributed by atoms with Crippen molar-refractivity contribution in [1.29, 1.82) is 0 Å². The number of amides is 1. The molecule has 0 spiro atoms. The van der Waals surface area contributed by atoms with E-state index in [1.165, 1.54) is 17.0 Å². The SMILES string of the molecule is Cc1ccc([N+](=O)[O-])cc1.O=COC1CCN(C(=O)c2c(O)c(O)c(O)c(O)c2P)C1. The second-order valence-corrected chi connectivity index (χ2v) is 7.25. The molecule has 12 heteroatoms. The molecule has 2 unspecified atom stereocenters. The van der Waals surface area contributed by atoms with E-state index in [9.17, 15) is 40.1 Å². The molecule has 1 aliphatic heterocycles. The molecule has 0 aliphatic carbocycles. The van der Waals surface area contributed by atoms with E-state index in [0.29, 0.717) is 19.4 Å². The van der Waals surface area contributed by atoms with Crippen molar-refractivity contribution in [2.45, 2.75) is 19.4 Å². The summed E-state index contributed by atoms with van der Waals surface area (Å²) in [5, 5.41) is 48.3. The largest absolute Gasteiger partial charge is 0.504 e. The van der Waals surface area contributed by atoms with Crippen molar-refractivity contribution in [1.82, 2.24) is 4.90 Å². The van der Waals surface area contributed by atoms with Crippen LogP contribution < -0.4 is 5.30 Å². The van der Waals surface area contributed by atoms with Crippen molar-refractivity contribution in [2.24, 2.45) is 0 Å². The highest BCUT2D eigenvalue weighted by Gasteiger charge is 2.33. The maximum absolute atomic E-state index is 12.4. The number of nitro groups is 1. The van der Waals surface area contributed by atoms with Gasteiger partial charge in [0.15, 0.2) is 11.5 Å². The molecular weight excluding hydrogens is 431 g/mol. The molecule has 11 nitrogen and oxygen atoms in total. The van der Waals surface area contributed by atoms with Crippen LogP contribution in [0.25, 0.3) is 0 Å². The van der Waals surface area contributed by atoms with Gasteiger partial charge < -0.3 is 30.1 Å². The van der Waals surface area contributed by atoms with Crippen LogP contribution in [0.1, 0.15) is 22.3 Å². The summed E-state index contributed by atoms with van der Waals surface area (Å²) in [4.78, 5) is 33.7. The Labute approximate surface area is 178 Å². The van der Waals surface area contributed by atoms with Gasteiger partial charge in [0.25, 0.3) is 18.1 Å². The van der Waals surface area contributed by atoms with E-state index in [4.69, 9.17) is 4.74 Å². The number of hydrogen-bond acceptors (Lipinski definition) is 9. The number of phenolic OH excluding ortho intramolecular Hbond substituents is 4. The second-order valence-electron chi connectivity index (χ2n) is 6.67. The summed E-state index contributed by atoms with van der Waals surface area (Å²) in [6, 6.07) is 6.43. The molecular formula is C19H21N2O9P. The number of hydrogen-bond donors (Lipinski definition) is 4. The topological polar surface area (TPSA) is 171 Å². The minimum absolute atomic E-state index is 0.132. The summed E-state index contributed by atoms with van der Waals surface area (Å²) in [5.74, 6) is -4.06. The van der Waals surface area contributed by atoms with Crippen molar-refractivity contribution >= 4 is 32.6 Å². The number of nitro benzene ring substituents is 1. The van der Waals surface area contributed by atoms with Gasteiger partial charge in [-0.05, 0) is 6.92 Å². The van der Waals surface area contributed by atoms with E-state index >= 15 is 0 Å². The summed E-state index contributed by atoms with van der Waals surface area (Å²) in [6.07, 6.45) is 0.0221. The van der Waals surface area contributed by atoms with Crippen LogP contribution in [0, 0.1) is 17.0 Å². The summed E-state index contributed by atoms with van der Waals surface area (Å²) in [5.41, 5.74) is 0.843. The van der Waals surface area contributed by atoms with Gasteiger partial charge in [-0.2, -0.15) is 0 Å². The van der Waals surface area contributed by atoms with E-state index in [-0.39, 0.29) is 23.1 Å². The molecule has 1 aliphatic rings. The van der Waals surface area contributed by atoms with Gasteiger partial charge in [0.05, 0.1) is 17.0 Å². The summed E-state index contributed by atoms with van der Waals surface area (Å²) in [7, 11) is 2.03. The van der Waals surface area contributed by atoms with Crippen LogP contribution in [0.15, 0.2) is 24.3 Å². The third kappa shape index (κ3) is 5.32. The molecule has 31 heavy (non-hydrogen) atoms. The molecule has 2 aromatic carbocycles. The first-order valence-corrected chi connectivity index (χ1v) is 9.50. The van der Waals surface area contributed by atoms with Crippen LogP contribution in [0.2, 0.25) is 0 Å². The number of carbonyl (C=O) groups excluding carboxylic acids is 2. The Morgan fingerprint density at radius 1 is 1.16 bits per heavy atom. The van der Waals surface area contributed by atoms with E-state index in [0.717, 1.165) is 5.56 Å². The highest BCUT2D eigenvalue weighted by atomic mass is 31.0. The lowest BCUT2D eigenvalue weighted by atomic mass is 10.1. The third-order valence-corrected chi connectivity index (χ3v) is 5.14. The lowest BCUT2D eigenvalue weighted by Gasteiger charge is -2.19. The predicted octanol–water partition coefficient (Wildman–Crippen LogP) is 1.30. The second kappa shape index (κ2) is 9.94. The summed E-state index contributed by atoms with van der Waals surface area (Å²) in [6.45, 7) is 2.63. The maximum Gasteiger partial charge on any atom is 0.293 e. The number of rotatable bonds is 4. The van der Waals surface area contributed by atoms with Crippen LogP contribution >= 0.6 is 9.24 Å². The first-order chi connectivity index (χ1) is 14.6. The molecule has 166 valence electrons. The van der Waals surface area contributed by atoms with Gasteiger partial charge in [-0.15, -0.1) is 9.24 Å². The minimum Gasteiger partial charge on any atom is -0.504 e. The van der Waals surface area contributed by atoms with Gasteiger partial charge in [0.1, 0.15) is 6.10 Å². The Hall–Kier alpha value is -3.59. The average Bonchev–Trinajstić information content (AvgIpc) is 3.21. The number of benzene rings is 2. The number of ether oxygens (including phenoxy) is 1. The molecule has 1 heterocycles. The summed E-state index contributed by atoms with van der Waals surface area (Å²) >= 11 is 0. The fraction of sp³-hybridized carbons (Fsp3) is 0.263. The van der Waals surface area contributed by atoms with Crippen molar-refractivity contribution in [3.8, 4) is 23.0 Å². The van der Waals surface area contributed by atoms with Crippen molar-refractivity contribution < 1.29 is 39.7 Å². The number of phenols is 4. The van der Waals surface area contributed by atoms with Crippen molar-refractivity contribution in [3.63, 3.8) is 0 Å². The molecule has 2 aromatic rings. The Morgan fingerprint density at radius 2 is 1.74 bits per heavy atom. The Morgan fingerprint density at radius 3 is 2.29 bits per heavy atom. The zero-order chi connectivity index (χ0) is 23.3. The Bertz CT molecular complexity index is 966. The molecule has 3 rings (SSSR count). The van der Waals surface area contributed by atoms with Gasteiger partial charge in [0.2, 0.25) is 11.5 Å². The van der Waals surface area contributed by atoms with E-state index < -0.39 is 39.9 Å². The smallest absolute Gasteiger partial charge is 0.293 e. The van der Waals surface area contributed by atoms with Gasteiger partial charge >= 0.3 is 0 Å². The quantitative estimate of drug-likeness (QED) is 0.133. The normalized spacial score (nSPS) is 15.0. The molecule has 0 saturated carbocycles. The Balaban J connectivity index is 0.000000285. The lowest BCUT2D eigenvalue weighted by Crippen LogP contribution is -2.32. The lowest BCUT2D eigenvalue weighted by molar-refractivity contribution is -0.384. The van der Waals surface area contributed by atoms with Crippen molar-refractivity contribution in [3.05, 3.63) is 45.5 Å². The number of non-ortho nitro benzene ring substituents is 1. The first-order valence-electron chi connectivity index (χ1n) is 8.93. The van der Waals surface area contributed by atoms with Crippen LogP contribution in [0.4, 0.5) is 5.69 Å². The average molecular weight is 452 g/mol. The number of aryl methyl sites for hydroxylation is 1. The molecule has 0 aromatic heterocycles. The highest BCUT2D eigenvalue weighted by Crippen LogP contribution is 2.44. The van der Waals surface area contributed by atoms with Gasteiger partial charge in [-0.3, -0.25) is 19.7 Å². The predicted molar refractivity (Wildman–Crippen MR) is 112 cm³/mol. The van der Waals surface area contributed by atoms with Crippen LogP contribution in [0.3, 0.4) is 0 Å². The van der Waals surface area contributed by atoms with Gasteiger partial charge in [-0.1, -0.05) is 17.7 Å². The van der Waals surface area contributed by atoms with Crippen LogP contribution in [0.5, 0.6) is 23.0 Å². The van der Waals surface area contributed by atoms with E-state index in [1.54, 1.807) is 12.1 Å². The first kappa shape index (κ1) is 23.7. The fourth-order valence-electron chi connectivity index (χ4n) is 2.86.